The second-order valence-electron chi connectivity index (χ2n) is 6.72. The van der Waals surface area contributed by atoms with Crippen molar-refractivity contribution in [2.45, 2.75) is 36.4 Å². The first-order valence-electron chi connectivity index (χ1n) is 7.93. The highest BCUT2D eigenvalue weighted by Crippen LogP contribution is 2.45. The van der Waals surface area contributed by atoms with Crippen LogP contribution in [0.2, 0.25) is 0 Å². The third-order valence-electron chi connectivity index (χ3n) is 4.60. The lowest BCUT2D eigenvalue weighted by molar-refractivity contribution is -0.137. The van der Waals surface area contributed by atoms with Gasteiger partial charge in [-0.25, -0.2) is 0 Å². The number of hydrogen-bond acceptors (Lipinski definition) is 5. The number of hydrogen-bond donors (Lipinski definition) is 3. The lowest BCUT2D eigenvalue weighted by Crippen LogP contribution is -2.45. The van der Waals surface area contributed by atoms with Gasteiger partial charge in [0.2, 0.25) is 0 Å². The Morgan fingerprint density at radius 1 is 1.00 bits per heavy atom. The molecule has 0 bridgehead atoms. The van der Waals surface area contributed by atoms with Crippen LogP contribution >= 0.6 is 25.3 Å². The number of nitrogens with zero attached hydrogens (tertiary/aromatic N) is 2. The SMILES string of the molecule is CC1(C)C(S)N(c2cccc(C(F)(F)F)c2)C(S)N1c1ccc(O)cc1. The molecule has 2 aromatic rings. The van der Waals surface area contributed by atoms with E-state index in [1.54, 1.807) is 35.2 Å². The number of halogens is 3. The quantitative estimate of drug-likeness (QED) is 0.620. The highest BCUT2D eigenvalue weighted by Gasteiger charge is 2.50. The zero-order valence-electron chi connectivity index (χ0n) is 14.1. The number of rotatable bonds is 2. The van der Waals surface area contributed by atoms with Crippen LogP contribution < -0.4 is 9.80 Å². The maximum absolute atomic E-state index is 13.1. The predicted octanol–water partition coefficient (Wildman–Crippen LogP) is 4.99. The fraction of sp³-hybridized carbons (Fsp3) is 0.333. The summed E-state index contributed by atoms with van der Waals surface area (Å²) in [5.74, 6) is 0.138. The Bertz CT molecular complexity index is 796. The van der Waals surface area contributed by atoms with Gasteiger partial charge < -0.3 is 14.9 Å². The van der Waals surface area contributed by atoms with Crippen LogP contribution in [0.5, 0.6) is 5.75 Å². The smallest absolute Gasteiger partial charge is 0.416 e. The van der Waals surface area contributed by atoms with Crippen molar-refractivity contribution in [3.05, 3.63) is 54.1 Å². The molecule has 1 saturated heterocycles. The van der Waals surface area contributed by atoms with Crippen LogP contribution in [0.4, 0.5) is 24.5 Å². The van der Waals surface area contributed by atoms with Gasteiger partial charge >= 0.3 is 6.18 Å². The molecule has 1 aliphatic rings. The van der Waals surface area contributed by atoms with E-state index in [4.69, 9.17) is 0 Å². The summed E-state index contributed by atoms with van der Waals surface area (Å²) in [5, 5.41) is 9.11. The number of thiol groups is 2. The van der Waals surface area contributed by atoms with Gasteiger partial charge in [-0.1, -0.05) is 6.07 Å². The Morgan fingerprint density at radius 2 is 1.62 bits per heavy atom. The Kier molecular flexibility index (Phi) is 4.77. The van der Waals surface area contributed by atoms with Gasteiger partial charge in [0.25, 0.3) is 0 Å². The molecule has 0 radical (unpaired) electrons. The van der Waals surface area contributed by atoms with Crippen LogP contribution in [0.25, 0.3) is 0 Å². The van der Waals surface area contributed by atoms with E-state index in [1.165, 1.54) is 6.07 Å². The monoisotopic (exact) mass is 400 g/mol. The van der Waals surface area contributed by atoms with Crippen LogP contribution in [-0.2, 0) is 6.18 Å². The largest absolute Gasteiger partial charge is 0.508 e. The van der Waals surface area contributed by atoms with Crippen molar-refractivity contribution in [2.24, 2.45) is 0 Å². The molecule has 2 atom stereocenters. The summed E-state index contributed by atoms with van der Waals surface area (Å²) in [6.45, 7) is 3.91. The second kappa shape index (κ2) is 6.49. The predicted molar refractivity (Wildman–Crippen MR) is 104 cm³/mol. The molecule has 1 fully saturated rings. The van der Waals surface area contributed by atoms with Gasteiger partial charge in [-0.15, -0.1) is 12.6 Å². The lowest BCUT2D eigenvalue weighted by atomic mass is 10.0. The average molecular weight is 400 g/mol. The highest BCUT2D eigenvalue weighted by atomic mass is 32.1. The van der Waals surface area contributed by atoms with Gasteiger partial charge in [-0.2, -0.15) is 25.8 Å². The van der Waals surface area contributed by atoms with Crippen LogP contribution in [0.1, 0.15) is 19.4 Å². The molecule has 2 unspecified atom stereocenters. The van der Waals surface area contributed by atoms with Crippen molar-refractivity contribution >= 4 is 36.6 Å². The van der Waals surface area contributed by atoms with Crippen LogP contribution in [-0.4, -0.2) is 21.5 Å². The summed E-state index contributed by atoms with van der Waals surface area (Å²) < 4.78 is 39.3. The second-order valence-corrected chi connectivity index (χ2v) is 7.67. The highest BCUT2D eigenvalue weighted by molar-refractivity contribution is 7.82. The number of aromatic hydroxyl groups is 1. The van der Waals surface area contributed by atoms with E-state index in [2.05, 4.69) is 25.3 Å². The summed E-state index contributed by atoms with van der Waals surface area (Å²) in [6, 6.07) is 11.8. The zero-order chi connectivity index (χ0) is 19.3. The first kappa shape index (κ1) is 19.1. The summed E-state index contributed by atoms with van der Waals surface area (Å²) in [4.78, 5) is 3.71. The molecule has 140 valence electrons. The molecular formula is C18H19F3N2OS2. The summed E-state index contributed by atoms with van der Waals surface area (Å²) in [7, 11) is 0. The number of benzene rings is 2. The Balaban J connectivity index is 2.03. The standard InChI is InChI=1S/C18H19F3N2OS2/c1-17(2)15(25)22(13-5-3-4-11(10-13)18(19,20)21)16(26)23(17)12-6-8-14(24)9-7-12/h3-10,15-16,24-26H,1-2H3. The van der Waals surface area contributed by atoms with Gasteiger partial charge in [0.05, 0.1) is 16.5 Å². The van der Waals surface area contributed by atoms with E-state index >= 15 is 0 Å². The third kappa shape index (κ3) is 3.20. The van der Waals surface area contributed by atoms with Crippen molar-refractivity contribution in [3.63, 3.8) is 0 Å². The summed E-state index contributed by atoms with van der Waals surface area (Å²) in [5.41, 5.74) is -0.575. The molecule has 3 nitrogen and oxygen atoms in total. The van der Waals surface area contributed by atoms with Gasteiger partial charge in [-0.05, 0) is 56.3 Å². The Morgan fingerprint density at radius 3 is 2.19 bits per heavy atom. The fourth-order valence-electron chi connectivity index (χ4n) is 3.21. The number of phenols is 1. The van der Waals surface area contributed by atoms with Gasteiger partial charge in [0.1, 0.15) is 11.2 Å². The first-order valence-corrected chi connectivity index (χ1v) is 8.97. The topological polar surface area (TPSA) is 26.7 Å². The normalized spacial score (nSPS) is 22.7. The molecule has 1 aliphatic heterocycles. The molecule has 0 amide bonds. The molecule has 1 N–H and O–H groups in total. The fourth-order valence-corrected chi connectivity index (χ4v) is 4.40. The minimum absolute atomic E-state index is 0.138. The molecule has 0 spiro atoms. The maximum Gasteiger partial charge on any atom is 0.416 e. The molecule has 3 rings (SSSR count). The van der Waals surface area contributed by atoms with Crippen LogP contribution in [0.15, 0.2) is 48.5 Å². The van der Waals surface area contributed by atoms with Gasteiger partial charge in [-0.3, -0.25) is 0 Å². The number of phenolic OH excluding ortho intramolecular Hbond substituents is 1. The van der Waals surface area contributed by atoms with E-state index in [0.717, 1.165) is 17.8 Å². The average Bonchev–Trinajstić information content (AvgIpc) is 2.73. The summed E-state index contributed by atoms with van der Waals surface area (Å²) >= 11 is 9.35. The van der Waals surface area contributed by atoms with E-state index in [1.807, 2.05) is 18.7 Å². The Hall–Kier alpha value is -1.67. The van der Waals surface area contributed by atoms with Crippen molar-refractivity contribution in [1.29, 1.82) is 0 Å². The molecule has 0 aliphatic carbocycles. The van der Waals surface area contributed by atoms with Crippen molar-refractivity contribution < 1.29 is 18.3 Å². The Labute approximate surface area is 161 Å². The first-order chi connectivity index (χ1) is 12.0. The van der Waals surface area contributed by atoms with E-state index in [9.17, 15) is 18.3 Å². The van der Waals surface area contributed by atoms with Crippen LogP contribution in [0.3, 0.4) is 0 Å². The number of alkyl halides is 3. The molecule has 1 heterocycles. The summed E-state index contributed by atoms with van der Waals surface area (Å²) in [6.07, 6.45) is -4.42. The van der Waals surface area contributed by atoms with Crippen molar-refractivity contribution in [3.8, 4) is 5.75 Å². The molecule has 2 aromatic carbocycles. The minimum atomic E-state index is -4.42. The third-order valence-corrected chi connectivity index (χ3v) is 5.96. The number of anilines is 2. The van der Waals surface area contributed by atoms with Gasteiger partial charge in [0, 0.05) is 11.4 Å². The van der Waals surface area contributed by atoms with E-state index in [-0.39, 0.29) is 5.75 Å². The van der Waals surface area contributed by atoms with Crippen molar-refractivity contribution in [2.75, 3.05) is 9.80 Å². The van der Waals surface area contributed by atoms with E-state index in [0.29, 0.717) is 5.69 Å². The van der Waals surface area contributed by atoms with Gasteiger partial charge in [0.15, 0.2) is 0 Å². The maximum atomic E-state index is 13.1. The van der Waals surface area contributed by atoms with Crippen molar-refractivity contribution in [1.82, 2.24) is 0 Å². The molecule has 8 heteroatoms. The molecule has 0 aromatic heterocycles. The molecule has 26 heavy (non-hydrogen) atoms. The molecular weight excluding hydrogens is 381 g/mol. The lowest BCUT2D eigenvalue weighted by Gasteiger charge is -2.35. The minimum Gasteiger partial charge on any atom is -0.508 e. The van der Waals surface area contributed by atoms with E-state index < -0.39 is 28.2 Å². The zero-order valence-corrected chi connectivity index (χ0v) is 15.9. The molecule has 0 saturated carbocycles. The van der Waals surface area contributed by atoms with Crippen LogP contribution in [0, 0.1) is 0 Å².